The second-order valence-corrected chi connectivity index (χ2v) is 9.82. The lowest BCUT2D eigenvalue weighted by Gasteiger charge is -2.34. The van der Waals surface area contributed by atoms with Gasteiger partial charge in [-0.15, -0.1) is 0 Å². The largest absolute Gasteiger partial charge is 0.247 e. The van der Waals surface area contributed by atoms with Crippen LogP contribution in [0.4, 0.5) is 0 Å². The Morgan fingerprint density at radius 2 is 1.21 bits per heavy atom. The number of hydrogen-bond donors (Lipinski definition) is 0. The number of rotatable bonds is 0. The Hall–Kier alpha value is -2.62. The molecule has 0 N–H and O–H groups in total. The lowest BCUT2D eigenvalue weighted by Crippen LogP contribution is -2.58. The molecule has 7 rings (SSSR count). The van der Waals surface area contributed by atoms with E-state index in [1.165, 1.54) is 57.5 Å². The maximum Gasteiger partial charge on any atom is 0.247 e. The fraction of sp³-hybridized carbons (Fsp3) is 0. The van der Waals surface area contributed by atoms with Crippen LogP contribution in [0.1, 0.15) is 0 Å². The molecule has 3 heteroatoms. The zero-order valence-electron chi connectivity index (χ0n) is 15.6. The zero-order chi connectivity index (χ0) is 18.9. The fourth-order valence-corrected chi connectivity index (χ4v) is 7.59. The zero-order valence-corrected chi connectivity index (χ0v) is 17.2. The van der Waals surface area contributed by atoms with Crippen LogP contribution in [0.25, 0.3) is 21.5 Å². The fourth-order valence-electron chi connectivity index (χ4n) is 4.88. The first-order chi connectivity index (χ1) is 14.4. The first-order valence-corrected chi connectivity index (χ1v) is 11.5. The third-order valence-electron chi connectivity index (χ3n) is 6.17. The highest BCUT2D eigenvalue weighted by atomic mass is 32.2. The van der Waals surface area contributed by atoms with E-state index >= 15 is 0 Å². The van der Waals surface area contributed by atoms with Gasteiger partial charge in [0.15, 0.2) is 0 Å². The van der Waals surface area contributed by atoms with Crippen LogP contribution in [0, 0.1) is 0 Å². The molecule has 0 saturated carbocycles. The first-order valence-electron chi connectivity index (χ1n) is 9.90. The predicted octanol–water partition coefficient (Wildman–Crippen LogP) is 5.44. The van der Waals surface area contributed by atoms with Crippen LogP contribution >= 0.6 is 23.5 Å². The maximum absolute atomic E-state index is 2.41. The molecule has 0 nitrogen and oxygen atoms in total. The van der Waals surface area contributed by atoms with Crippen LogP contribution in [0.15, 0.2) is 111 Å². The summed E-state index contributed by atoms with van der Waals surface area (Å²) in [5.74, 6) is 0. The molecule has 0 fully saturated rings. The number of benzene rings is 5. The van der Waals surface area contributed by atoms with Crippen molar-refractivity contribution in [1.82, 2.24) is 0 Å². The summed E-state index contributed by atoms with van der Waals surface area (Å²) in [6, 6.07) is 33.7. The van der Waals surface area contributed by atoms with Crippen molar-refractivity contribution in [2.75, 3.05) is 0 Å². The molecular formula is C26H15BS2. The van der Waals surface area contributed by atoms with Crippen molar-refractivity contribution in [2.24, 2.45) is 0 Å². The van der Waals surface area contributed by atoms with Gasteiger partial charge in [0, 0.05) is 19.6 Å². The van der Waals surface area contributed by atoms with E-state index in [9.17, 15) is 0 Å². The average molecular weight is 402 g/mol. The van der Waals surface area contributed by atoms with Crippen LogP contribution in [0.5, 0.6) is 0 Å². The molecule has 0 atom stereocenters. The van der Waals surface area contributed by atoms with Gasteiger partial charge in [-0.3, -0.25) is 0 Å². The smallest absolute Gasteiger partial charge is 0.0905 e. The summed E-state index contributed by atoms with van der Waals surface area (Å²) in [4.78, 5) is 5.66. The molecule has 2 aliphatic rings. The van der Waals surface area contributed by atoms with Gasteiger partial charge in [0.25, 0.3) is 0 Å². The Balaban J connectivity index is 1.64. The summed E-state index contributed by atoms with van der Waals surface area (Å²) >= 11 is 3.90. The Morgan fingerprint density at radius 1 is 0.517 bits per heavy atom. The summed E-state index contributed by atoms with van der Waals surface area (Å²) in [6.45, 7) is 0.308. The normalized spacial score (nSPS) is 13.9. The summed E-state index contributed by atoms with van der Waals surface area (Å²) in [7, 11) is 0. The summed E-state index contributed by atoms with van der Waals surface area (Å²) in [5.41, 5.74) is 4.39. The van der Waals surface area contributed by atoms with Gasteiger partial charge in [-0.05, 0) is 39.1 Å². The Bertz CT molecular complexity index is 1470. The van der Waals surface area contributed by atoms with Crippen molar-refractivity contribution in [3.63, 3.8) is 0 Å². The third kappa shape index (κ3) is 2.20. The van der Waals surface area contributed by atoms with Crippen LogP contribution in [0.2, 0.25) is 0 Å². The summed E-state index contributed by atoms with van der Waals surface area (Å²) in [6.07, 6.45) is 0. The van der Waals surface area contributed by atoms with Gasteiger partial charge >= 0.3 is 0 Å². The second-order valence-electron chi connectivity index (χ2n) is 7.72. The molecule has 5 aromatic carbocycles. The molecule has 0 amide bonds. The third-order valence-corrected chi connectivity index (χ3v) is 8.62. The molecule has 0 radical (unpaired) electrons. The van der Waals surface area contributed by atoms with Crippen molar-refractivity contribution >= 4 is 68.2 Å². The molecule has 0 unspecified atom stereocenters. The molecule has 134 valence electrons. The van der Waals surface area contributed by atoms with Crippen LogP contribution < -0.4 is 16.4 Å². The molecule has 0 aliphatic carbocycles. The Kier molecular flexibility index (Phi) is 3.32. The molecule has 2 heterocycles. The van der Waals surface area contributed by atoms with E-state index in [1.54, 1.807) is 0 Å². The van der Waals surface area contributed by atoms with Crippen molar-refractivity contribution in [1.29, 1.82) is 0 Å². The average Bonchev–Trinajstić information content (AvgIpc) is 2.78. The minimum absolute atomic E-state index is 0.308. The topological polar surface area (TPSA) is 0 Å². The van der Waals surface area contributed by atoms with Gasteiger partial charge in [0.1, 0.15) is 0 Å². The van der Waals surface area contributed by atoms with Gasteiger partial charge < -0.3 is 0 Å². The standard InChI is InChI=1S/C26H15BS2/c1-3-9-18-16(7-1)13-14-21-25(18)29-23-15-17-8-2-4-10-19(17)26-24(23)27(21)20-11-5-6-12-22(20)28-26/h1-15H. The minimum Gasteiger partial charge on any atom is -0.0905 e. The number of hydrogen-bond acceptors (Lipinski definition) is 2. The lowest BCUT2D eigenvalue weighted by atomic mass is 9.36. The van der Waals surface area contributed by atoms with Gasteiger partial charge in [-0.2, -0.15) is 0 Å². The van der Waals surface area contributed by atoms with E-state index in [1.807, 2.05) is 23.5 Å². The minimum atomic E-state index is 0.308. The van der Waals surface area contributed by atoms with Crippen molar-refractivity contribution in [3.8, 4) is 0 Å². The quantitative estimate of drug-likeness (QED) is 0.310. The Morgan fingerprint density at radius 3 is 2.10 bits per heavy atom. The van der Waals surface area contributed by atoms with Crippen LogP contribution in [-0.2, 0) is 0 Å². The Labute approximate surface area is 178 Å². The van der Waals surface area contributed by atoms with Crippen molar-refractivity contribution in [3.05, 3.63) is 91.0 Å². The van der Waals surface area contributed by atoms with Crippen molar-refractivity contribution < 1.29 is 0 Å². The van der Waals surface area contributed by atoms with Gasteiger partial charge in [0.05, 0.1) is 0 Å². The second kappa shape index (κ2) is 5.95. The van der Waals surface area contributed by atoms with E-state index in [0.29, 0.717) is 6.71 Å². The van der Waals surface area contributed by atoms with E-state index in [-0.39, 0.29) is 0 Å². The molecule has 0 saturated heterocycles. The molecule has 29 heavy (non-hydrogen) atoms. The SMILES string of the molecule is c1ccc2c(c1)Sc1c3c(cc4ccccc14)Sc1c(ccc4ccccc14)B23. The number of fused-ring (bicyclic) bond motifs is 8. The molecular weight excluding hydrogens is 387 g/mol. The lowest BCUT2D eigenvalue weighted by molar-refractivity contribution is 1.38. The molecule has 0 spiro atoms. The van der Waals surface area contributed by atoms with Crippen LogP contribution in [0.3, 0.4) is 0 Å². The van der Waals surface area contributed by atoms with Crippen molar-refractivity contribution in [2.45, 2.75) is 19.6 Å². The van der Waals surface area contributed by atoms with E-state index < -0.39 is 0 Å². The summed E-state index contributed by atoms with van der Waals surface area (Å²) in [5, 5.41) is 5.40. The van der Waals surface area contributed by atoms with E-state index in [4.69, 9.17) is 0 Å². The van der Waals surface area contributed by atoms with E-state index in [0.717, 1.165) is 0 Å². The summed E-state index contributed by atoms with van der Waals surface area (Å²) < 4.78 is 0. The predicted molar refractivity (Wildman–Crippen MR) is 127 cm³/mol. The molecule has 2 aliphatic heterocycles. The van der Waals surface area contributed by atoms with Gasteiger partial charge in [0.2, 0.25) is 6.71 Å². The molecule has 0 aromatic heterocycles. The van der Waals surface area contributed by atoms with Crippen LogP contribution in [-0.4, -0.2) is 6.71 Å². The molecule has 0 bridgehead atoms. The molecule has 5 aromatic rings. The van der Waals surface area contributed by atoms with E-state index in [2.05, 4.69) is 91.0 Å². The first kappa shape index (κ1) is 16.2. The van der Waals surface area contributed by atoms with Gasteiger partial charge in [-0.1, -0.05) is 113 Å². The highest BCUT2D eigenvalue weighted by Crippen LogP contribution is 2.43. The van der Waals surface area contributed by atoms with Gasteiger partial charge in [-0.25, -0.2) is 0 Å². The monoisotopic (exact) mass is 402 g/mol. The maximum atomic E-state index is 2.41. The highest BCUT2D eigenvalue weighted by molar-refractivity contribution is 8.01. The highest BCUT2D eigenvalue weighted by Gasteiger charge is 2.39.